The molecule has 0 saturated carbocycles. The van der Waals surface area contributed by atoms with Crippen molar-refractivity contribution in [3.63, 3.8) is 0 Å². The largest absolute Gasteiger partial charge is 0.465 e. The molecule has 1 atom stereocenters. The SMILES string of the molecule is C=CCn1c(SC(C)C(=O)OCCC)nc2ccccc2c1=O. The van der Waals surface area contributed by atoms with Gasteiger partial charge in [-0.25, -0.2) is 4.98 Å². The molecule has 0 aliphatic rings. The predicted molar refractivity (Wildman–Crippen MR) is 92.8 cm³/mol. The Hall–Kier alpha value is -2.08. The van der Waals surface area contributed by atoms with Gasteiger partial charge in [0.1, 0.15) is 5.25 Å². The fraction of sp³-hybridized carbons (Fsp3) is 0.353. The summed E-state index contributed by atoms with van der Waals surface area (Å²) in [6.07, 6.45) is 2.42. The van der Waals surface area contributed by atoms with Gasteiger partial charge in [0.15, 0.2) is 5.16 Å². The summed E-state index contributed by atoms with van der Waals surface area (Å²) in [5.74, 6) is -0.301. The van der Waals surface area contributed by atoms with E-state index < -0.39 is 5.25 Å². The number of fused-ring (bicyclic) bond motifs is 1. The highest BCUT2D eigenvalue weighted by Crippen LogP contribution is 2.23. The van der Waals surface area contributed by atoms with Crippen molar-refractivity contribution >= 4 is 28.6 Å². The number of hydrogen-bond acceptors (Lipinski definition) is 5. The lowest BCUT2D eigenvalue weighted by Gasteiger charge is -2.14. The average Bonchev–Trinajstić information content (AvgIpc) is 2.56. The van der Waals surface area contributed by atoms with Crippen LogP contribution < -0.4 is 5.56 Å². The number of benzene rings is 1. The Morgan fingerprint density at radius 3 is 2.91 bits per heavy atom. The van der Waals surface area contributed by atoms with Gasteiger partial charge in [0, 0.05) is 6.54 Å². The number of hydrogen-bond donors (Lipinski definition) is 0. The molecule has 122 valence electrons. The van der Waals surface area contributed by atoms with Crippen LogP contribution in [0.15, 0.2) is 46.9 Å². The molecular weight excluding hydrogens is 312 g/mol. The number of allylic oxidation sites excluding steroid dienone is 1. The smallest absolute Gasteiger partial charge is 0.319 e. The summed E-state index contributed by atoms with van der Waals surface area (Å²) in [6, 6.07) is 7.18. The van der Waals surface area contributed by atoms with E-state index in [1.54, 1.807) is 31.2 Å². The van der Waals surface area contributed by atoms with Gasteiger partial charge in [-0.1, -0.05) is 36.9 Å². The van der Waals surface area contributed by atoms with Crippen LogP contribution >= 0.6 is 11.8 Å². The van der Waals surface area contributed by atoms with Crippen LogP contribution in [0.4, 0.5) is 0 Å². The summed E-state index contributed by atoms with van der Waals surface area (Å²) in [6.45, 7) is 8.12. The van der Waals surface area contributed by atoms with Crippen molar-refractivity contribution in [3.05, 3.63) is 47.3 Å². The van der Waals surface area contributed by atoms with Crippen LogP contribution in [-0.4, -0.2) is 27.4 Å². The molecule has 0 radical (unpaired) electrons. The van der Waals surface area contributed by atoms with Gasteiger partial charge in [-0.3, -0.25) is 14.2 Å². The number of esters is 1. The van der Waals surface area contributed by atoms with Crippen LogP contribution in [0, 0.1) is 0 Å². The summed E-state index contributed by atoms with van der Waals surface area (Å²) >= 11 is 1.23. The highest BCUT2D eigenvalue weighted by atomic mass is 32.2. The topological polar surface area (TPSA) is 61.2 Å². The molecular formula is C17H20N2O3S. The van der Waals surface area contributed by atoms with Crippen molar-refractivity contribution in [1.82, 2.24) is 9.55 Å². The van der Waals surface area contributed by atoms with E-state index >= 15 is 0 Å². The molecule has 2 aromatic rings. The summed E-state index contributed by atoms with van der Waals surface area (Å²) in [4.78, 5) is 29.1. The number of carbonyl (C=O) groups is 1. The molecule has 0 bridgehead atoms. The zero-order valence-corrected chi connectivity index (χ0v) is 14.1. The molecule has 1 aromatic carbocycles. The Morgan fingerprint density at radius 1 is 1.48 bits per heavy atom. The Bertz CT molecular complexity index is 770. The molecule has 5 nitrogen and oxygen atoms in total. The molecule has 0 spiro atoms. The zero-order valence-electron chi connectivity index (χ0n) is 13.3. The average molecular weight is 332 g/mol. The van der Waals surface area contributed by atoms with E-state index in [0.29, 0.717) is 29.2 Å². The monoisotopic (exact) mass is 332 g/mol. The number of ether oxygens (including phenoxy) is 1. The zero-order chi connectivity index (χ0) is 16.8. The molecule has 23 heavy (non-hydrogen) atoms. The fourth-order valence-corrected chi connectivity index (χ4v) is 2.97. The molecule has 1 unspecified atom stereocenters. The molecule has 1 aromatic heterocycles. The van der Waals surface area contributed by atoms with Crippen LogP contribution in [-0.2, 0) is 16.1 Å². The standard InChI is InChI=1S/C17H20N2O3S/c1-4-10-19-15(20)13-8-6-7-9-14(13)18-17(19)23-12(3)16(21)22-11-5-2/h4,6-9,12H,1,5,10-11H2,2-3H3. The minimum absolute atomic E-state index is 0.132. The van der Waals surface area contributed by atoms with Crippen LogP contribution in [0.3, 0.4) is 0 Å². The molecule has 6 heteroatoms. The third-order valence-electron chi connectivity index (χ3n) is 3.20. The highest BCUT2D eigenvalue weighted by Gasteiger charge is 2.20. The Kier molecular flexibility index (Phi) is 5.98. The maximum absolute atomic E-state index is 12.6. The molecule has 0 N–H and O–H groups in total. The lowest BCUT2D eigenvalue weighted by molar-refractivity contribution is -0.142. The Labute approximate surface area is 139 Å². The maximum Gasteiger partial charge on any atom is 0.319 e. The van der Waals surface area contributed by atoms with Crippen LogP contribution in [0.1, 0.15) is 20.3 Å². The molecule has 0 fully saturated rings. The van der Waals surface area contributed by atoms with E-state index in [1.165, 1.54) is 16.3 Å². The minimum atomic E-state index is -0.439. The second-order valence-electron chi connectivity index (χ2n) is 5.04. The van der Waals surface area contributed by atoms with Crippen molar-refractivity contribution in [1.29, 1.82) is 0 Å². The van der Waals surface area contributed by atoms with Gasteiger partial charge in [0.2, 0.25) is 0 Å². The number of para-hydroxylation sites is 1. The highest BCUT2D eigenvalue weighted by molar-refractivity contribution is 8.00. The van der Waals surface area contributed by atoms with Crippen LogP contribution in [0.2, 0.25) is 0 Å². The second kappa shape index (κ2) is 7.97. The molecule has 0 aliphatic carbocycles. The van der Waals surface area contributed by atoms with E-state index in [1.807, 2.05) is 13.0 Å². The number of rotatable bonds is 7. The second-order valence-corrected chi connectivity index (χ2v) is 6.35. The normalized spacial score (nSPS) is 12.1. The van der Waals surface area contributed by atoms with Gasteiger partial charge < -0.3 is 4.74 Å². The molecule has 2 rings (SSSR count). The van der Waals surface area contributed by atoms with Crippen LogP contribution in [0.5, 0.6) is 0 Å². The molecule has 0 aliphatic heterocycles. The third kappa shape index (κ3) is 4.01. The van der Waals surface area contributed by atoms with Gasteiger partial charge in [-0.15, -0.1) is 6.58 Å². The number of carbonyl (C=O) groups excluding carboxylic acids is 1. The molecule has 1 heterocycles. The van der Waals surface area contributed by atoms with E-state index in [2.05, 4.69) is 11.6 Å². The first-order valence-electron chi connectivity index (χ1n) is 7.52. The molecule has 0 amide bonds. The van der Waals surface area contributed by atoms with Gasteiger partial charge in [0.05, 0.1) is 17.5 Å². The fourth-order valence-electron chi connectivity index (χ4n) is 2.05. The summed E-state index contributed by atoms with van der Waals surface area (Å²) < 4.78 is 6.68. The maximum atomic E-state index is 12.6. The first-order valence-corrected chi connectivity index (χ1v) is 8.40. The van der Waals surface area contributed by atoms with Gasteiger partial charge >= 0.3 is 5.97 Å². The van der Waals surface area contributed by atoms with Crippen LogP contribution in [0.25, 0.3) is 10.9 Å². The number of thioether (sulfide) groups is 1. The first kappa shape index (κ1) is 17.3. The first-order chi connectivity index (χ1) is 11.1. The lowest BCUT2D eigenvalue weighted by Crippen LogP contribution is -2.25. The van der Waals surface area contributed by atoms with Gasteiger partial charge in [-0.2, -0.15) is 0 Å². The van der Waals surface area contributed by atoms with E-state index in [9.17, 15) is 9.59 Å². The van der Waals surface area contributed by atoms with E-state index in [-0.39, 0.29) is 11.5 Å². The van der Waals surface area contributed by atoms with Crippen molar-refractivity contribution in [3.8, 4) is 0 Å². The van der Waals surface area contributed by atoms with Crippen molar-refractivity contribution in [2.45, 2.75) is 37.2 Å². The minimum Gasteiger partial charge on any atom is -0.465 e. The lowest BCUT2D eigenvalue weighted by atomic mass is 10.2. The van der Waals surface area contributed by atoms with Gasteiger partial charge in [0.25, 0.3) is 5.56 Å². The van der Waals surface area contributed by atoms with E-state index in [4.69, 9.17) is 4.74 Å². The summed E-state index contributed by atoms with van der Waals surface area (Å²) in [7, 11) is 0. The van der Waals surface area contributed by atoms with Crippen molar-refractivity contribution < 1.29 is 9.53 Å². The number of aromatic nitrogens is 2. The Balaban J connectivity index is 2.38. The third-order valence-corrected chi connectivity index (χ3v) is 4.27. The van der Waals surface area contributed by atoms with Crippen molar-refractivity contribution in [2.75, 3.05) is 6.61 Å². The van der Waals surface area contributed by atoms with Crippen molar-refractivity contribution in [2.24, 2.45) is 0 Å². The van der Waals surface area contributed by atoms with Gasteiger partial charge in [-0.05, 0) is 25.5 Å². The predicted octanol–water partition coefficient (Wildman–Crippen LogP) is 3.02. The van der Waals surface area contributed by atoms with E-state index in [0.717, 1.165) is 6.42 Å². The quantitative estimate of drug-likeness (QED) is 0.337. The molecule has 0 saturated heterocycles. The Morgan fingerprint density at radius 2 is 2.22 bits per heavy atom. The summed E-state index contributed by atoms with van der Waals surface area (Å²) in [5.41, 5.74) is 0.488. The summed E-state index contributed by atoms with van der Waals surface area (Å²) in [5, 5.41) is 0.611. The number of nitrogens with zero attached hydrogens (tertiary/aromatic N) is 2.